The third-order valence-electron chi connectivity index (χ3n) is 11.1. The molecular formula is C52H50N5OPd-3. The third-order valence-corrected chi connectivity index (χ3v) is 11.1. The van der Waals surface area contributed by atoms with Gasteiger partial charge in [0.05, 0.1) is 11.0 Å². The smallest absolute Gasteiger partial charge is 0.135 e. The molecule has 6 nitrogen and oxygen atoms in total. The number of benzene rings is 5. The van der Waals surface area contributed by atoms with Crippen LogP contribution in [0.1, 0.15) is 79.0 Å². The number of hydrogen-bond donors (Lipinski definition) is 0. The molecule has 8 aromatic rings. The summed E-state index contributed by atoms with van der Waals surface area (Å²) in [5, 5.41) is 2.20. The van der Waals surface area contributed by atoms with Gasteiger partial charge < -0.3 is 23.7 Å². The quantitative estimate of drug-likeness (QED) is 0.123. The van der Waals surface area contributed by atoms with Crippen LogP contribution in [-0.2, 0) is 36.7 Å². The second-order valence-corrected chi connectivity index (χ2v) is 18.5. The van der Waals surface area contributed by atoms with E-state index in [1.807, 2.05) is 30.5 Å². The van der Waals surface area contributed by atoms with Gasteiger partial charge in [-0.1, -0.05) is 122 Å². The molecule has 0 unspecified atom stereocenters. The van der Waals surface area contributed by atoms with Gasteiger partial charge in [-0.15, -0.1) is 48.3 Å². The van der Waals surface area contributed by atoms with Crippen LogP contribution in [0, 0.1) is 18.8 Å². The average Bonchev–Trinajstić information content (AvgIpc) is 3.90. The number of aromatic nitrogens is 3. The van der Waals surface area contributed by atoms with Crippen LogP contribution in [0.3, 0.4) is 0 Å². The maximum absolute atomic E-state index is 6.78. The van der Waals surface area contributed by atoms with E-state index in [4.69, 9.17) is 9.72 Å². The number of rotatable bonds is 6. The van der Waals surface area contributed by atoms with Gasteiger partial charge in [0.25, 0.3) is 0 Å². The van der Waals surface area contributed by atoms with E-state index in [9.17, 15) is 0 Å². The summed E-state index contributed by atoms with van der Waals surface area (Å²) in [6, 6.07) is 47.9. The monoisotopic (exact) mass is 866 g/mol. The number of fused-ring (bicyclic) bond motifs is 5. The number of para-hydroxylation sites is 2. The maximum atomic E-state index is 6.78. The van der Waals surface area contributed by atoms with Crippen LogP contribution < -0.4 is 14.5 Å². The summed E-state index contributed by atoms with van der Waals surface area (Å²) in [7, 11) is 0. The molecule has 1 aliphatic heterocycles. The van der Waals surface area contributed by atoms with Crippen LogP contribution in [-0.4, -0.2) is 14.1 Å². The van der Waals surface area contributed by atoms with Gasteiger partial charge in [-0.2, -0.15) is 6.07 Å². The van der Waals surface area contributed by atoms with Gasteiger partial charge in [-0.05, 0) is 82.2 Å². The van der Waals surface area contributed by atoms with E-state index >= 15 is 0 Å². The van der Waals surface area contributed by atoms with Gasteiger partial charge in [0, 0.05) is 60.4 Å². The van der Waals surface area contributed by atoms with Crippen LogP contribution >= 0.6 is 0 Å². The molecule has 5 aromatic carbocycles. The number of pyridine rings is 1. The predicted molar refractivity (Wildman–Crippen MR) is 241 cm³/mol. The van der Waals surface area contributed by atoms with E-state index in [0.717, 1.165) is 61.3 Å². The van der Waals surface area contributed by atoms with Gasteiger partial charge >= 0.3 is 0 Å². The Morgan fingerprint density at radius 3 is 1.85 bits per heavy atom. The normalized spacial score (nSPS) is 13.5. The molecule has 9 rings (SSSR count). The molecule has 7 heteroatoms. The van der Waals surface area contributed by atoms with Crippen molar-refractivity contribution in [3.8, 4) is 23.0 Å². The van der Waals surface area contributed by atoms with Crippen molar-refractivity contribution in [2.75, 3.05) is 9.80 Å². The van der Waals surface area contributed by atoms with Crippen molar-refractivity contribution >= 4 is 44.2 Å². The molecule has 0 fully saturated rings. The molecule has 0 saturated carbocycles. The molecular weight excluding hydrogens is 817 g/mol. The molecule has 1 aliphatic rings. The average molecular weight is 867 g/mol. The molecule has 0 amide bonds. The topological polar surface area (TPSA) is 38.5 Å². The van der Waals surface area contributed by atoms with Crippen molar-refractivity contribution in [2.24, 2.45) is 0 Å². The van der Waals surface area contributed by atoms with Gasteiger partial charge in [0.1, 0.15) is 5.82 Å². The molecule has 0 atom stereocenters. The molecule has 3 aromatic heterocycles. The van der Waals surface area contributed by atoms with Crippen LogP contribution in [0.2, 0.25) is 0 Å². The molecule has 59 heavy (non-hydrogen) atoms. The Morgan fingerprint density at radius 1 is 0.542 bits per heavy atom. The first-order valence-electron chi connectivity index (χ1n) is 20.1. The number of hydrogen-bond acceptors (Lipinski definition) is 4. The van der Waals surface area contributed by atoms with Crippen molar-refractivity contribution in [1.29, 1.82) is 0 Å². The van der Waals surface area contributed by atoms with Crippen molar-refractivity contribution in [2.45, 2.75) is 78.6 Å². The first kappa shape index (κ1) is 40.2. The molecule has 0 spiro atoms. The zero-order valence-corrected chi connectivity index (χ0v) is 36.8. The first-order chi connectivity index (χ1) is 27.6. The van der Waals surface area contributed by atoms with Gasteiger partial charge in [0.15, 0.2) is 0 Å². The Bertz CT molecular complexity index is 2820. The van der Waals surface area contributed by atoms with Crippen LogP contribution in [0.25, 0.3) is 44.3 Å². The predicted octanol–water partition coefficient (Wildman–Crippen LogP) is 13.3. The summed E-state index contributed by atoms with van der Waals surface area (Å²) in [6.45, 7) is 22.5. The standard InChI is InChI=1S/C52H50N5O.Pd/c1-50(2,3)35-27-36(51(4,5)6)29-39(28-35)54-25-26-55(34-54)40-30-37(52(7,8)9)31-42(32-40)58-41-22-23-44-46(33-41)57(47-21-15-16-24-53-47)49-43-19-13-14-20-45(43)56(48(44)49)38-17-11-10-12-18-38;/h10-31,34H,1-9H3;/q-3;. The maximum Gasteiger partial charge on any atom is 0.135 e. The van der Waals surface area contributed by atoms with Crippen molar-refractivity contribution in [1.82, 2.24) is 14.1 Å². The zero-order valence-electron chi connectivity index (χ0n) is 35.2. The van der Waals surface area contributed by atoms with Gasteiger partial charge in [-0.3, -0.25) is 0 Å². The Kier molecular flexibility index (Phi) is 10.1. The fraction of sp³-hybridized carbons (Fsp3) is 0.231. The minimum atomic E-state index is -0.135. The van der Waals surface area contributed by atoms with Crippen molar-refractivity contribution in [3.63, 3.8) is 0 Å². The molecule has 0 bridgehead atoms. The zero-order chi connectivity index (χ0) is 40.6. The second kappa shape index (κ2) is 14.9. The SMILES string of the molecule is CC(C)(C)c1cc(Oc2[c-]c3c(cc2)c2c(c4ccccc4n2-c2ccccc2)n3-c2ccccn2)[c-]c(N2C=CN(c3cc(C(C)(C)C)cc(C(C)(C)C)c3)[CH-]2)c1.[Pd]. The van der Waals surface area contributed by atoms with E-state index in [-0.39, 0.29) is 36.7 Å². The molecule has 4 heterocycles. The van der Waals surface area contributed by atoms with Crippen molar-refractivity contribution < 1.29 is 25.2 Å². The van der Waals surface area contributed by atoms with Crippen molar-refractivity contribution in [3.05, 3.63) is 169 Å². The number of anilines is 2. The summed E-state index contributed by atoms with van der Waals surface area (Å²) in [5.74, 6) is 2.05. The fourth-order valence-corrected chi connectivity index (χ4v) is 7.81. The molecule has 302 valence electrons. The summed E-state index contributed by atoms with van der Waals surface area (Å²) in [5.41, 5.74) is 11.0. The second-order valence-electron chi connectivity index (χ2n) is 18.5. The summed E-state index contributed by atoms with van der Waals surface area (Å²) in [4.78, 5) is 9.17. The first-order valence-corrected chi connectivity index (χ1v) is 20.1. The van der Waals surface area contributed by atoms with E-state index in [1.165, 1.54) is 11.1 Å². The summed E-state index contributed by atoms with van der Waals surface area (Å²) in [6.07, 6.45) is 6.06. The van der Waals surface area contributed by atoms with Crippen LogP contribution in [0.15, 0.2) is 134 Å². The Morgan fingerprint density at radius 2 is 1.17 bits per heavy atom. The Balaban J connectivity index is 0.00000484. The van der Waals surface area contributed by atoms with Gasteiger partial charge in [0.2, 0.25) is 0 Å². The van der Waals surface area contributed by atoms with Crippen LogP contribution in [0.4, 0.5) is 11.4 Å². The Labute approximate surface area is 362 Å². The van der Waals surface area contributed by atoms with Crippen LogP contribution in [0.5, 0.6) is 11.5 Å². The number of ether oxygens (including phenoxy) is 1. The molecule has 0 N–H and O–H groups in total. The molecule has 0 saturated heterocycles. The minimum absolute atomic E-state index is 0. The fourth-order valence-electron chi connectivity index (χ4n) is 7.81. The third kappa shape index (κ3) is 7.48. The molecule has 0 radical (unpaired) electrons. The van der Waals surface area contributed by atoms with E-state index in [2.05, 4.69) is 203 Å². The van der Waals surface area contributed by atoms with E-state index in [1.54, 1.807) is 0 Å². The largest absolute Gasteiger partial charge is 0.509 e. The van der Waals surface area contributed by atoms with E-state index in [0.29, 0.717) is 11.5 Å². The minimum Gasteiger partial charge on any atom is -0.509 e. The number of nitrogens with zero attached hydrogens (tertiary/aromatic N) is 5. The van der Waals surface area contributed by atoms with E-state index < -0.39 is 0 Å². The summed E-state index contributed by atoms with van der Waals surface area (Å²) >= 11 is 0. The van der Waals surface area contributed by atoms with Gasteiger partial charge in [-0.25, -0.2) is 4.98 Å². The molecule has 0 aliphatic carbocycles. The summed E-state index contributed by atoms with van der Waals surface area (Å²) < 4.78 is 11.3. The Hall–Kier alpha value is -5.61.